The lowest BCUT2D eigenvalue weighted by Crippen LogP contribution is -2.11. The molecule has 0 aliphatic rings. The van der Waals surface area contributed by atoms with E-state index in [9.17, 15) is 4.79 Å². The van der Waals surface area contributed by atoms with Crippen molar-refractivity contribution in [2.24, 2.45) is 5.92 Å². The van der Waals surface area contributed by atoms with E-state index in [-0.39, 0.29) is 6.42 Å². The molecule has 1 unspecified atom stereocenters. The molecular weight excluding hydrogens is 242 g/mol. The highest BCUT2D eigenvalue weighted by Gasteiger charge is 2.09. The van der Waals surface area contributed by atoms with Crippen LogP contribution in [-0.4, -0.2) is 22.6 Å². The second-order valence-electron chi connectivity index (χ2n) is 4.43. The van der Waals surface area contributed by atoms with Crippen molar-refractivity contribution in [3.8, 4) is 6.07 Å². The van der Waals surface area contributed by atoms with Crippen molar-refractivity contribution in [3.63, 3.8) is 0 Å². The van der Waals surface area contributed by atoms with Crippen molar-refractivity contribution >= 4 is 11.8 Å². The molecule has 1 rings (SSSR count). The highest BCUT2D eigenvalue weighted by Crippen LogP contribution is 2.16. The van der Waals surface area contributed by atoms with Crippen LogP contribution in [0.2, 0.25) is 0 Å². The number of nitrogens with zero attached hydrogens (tertiary/aromatic N) is 2. The fourth-order valence-corrected chi connectivity index (χ4v) is 1.91. The predicted molar refractivity (Wildman–Crippen MR) is 72.7 cm³/mol. The van der Waals surface area contributed by atoms with Crippen molar-refractivity contribution in [2.45, 2.75) is 32.6 Å². The third kappa shape index (κ3) is 5.38. The van der Waals surface area contributed by atoms with Crippen LogP contribution in [0, 0.1) is 17.2 Å². The minimum atomic E-state index is -0.747. The summed E-state index contributed by atoms with van der Waals surface area (Å²) in [5, 5.41) is 20.7. The van der Waals surface area contributed by atoms with E-state index in [1.54, 1.807) is 18.3 Å². The molecule has 0 aliphatic carbocycles. The molecule has 1 atom stereocenters. The highest BCUT2D eigenvalue weighted by molar-refractivity contribution is 5.66. The number of anilines is 1. The molecule has 2 N–H and O–H groups in total. The number of rotatable bonds is 8. The van der Waals surface area contributed by atoms with Gasteiger partial charge >= 0.3 is 5.97 Å². The quantitative estimate of drug-likeness (QED) is 0.751. The molecule has 0 saturated heterocycles. The van der Waals surface area contributed by atoms with Gasteiger partial charge in [0, 0.05) is 19.2 Å². The van der Waals surface area contributed by atoms with E-state index < -0.39 is 5.97 Å². The summed E-state index contributed by atoms with van der Waals surface area (Å²) in [6.07, 6.45) is 4.39. The first-order valence-corrected chi connectivity index (χ1v) is 6.48. The molecule has 19 heavy (non-hydrogen) atoms. The molecule has 0 fully saturated rings. The summed E-state index contributed by atoms with van der Waals surface area (Å²) < 4.78 is 0. The number of hydrogen-bond acceptors (Lipinski definition) is 4. The smallest absolute Gasteiger partial charge is 0.303 e. The Labute approximate surface area is 113 Å². The van der Waals surface area contributed by atoms with Crippen LogP contribution in [0.4, 0.5) is 5.82 Å². The van der Waals surface area contributed by atoms with Gasteiger partial charge in [-0.3, -0.25) is 4.79 Å². The average molecular weight is 261 g/mol. The van der Waals surface area contributed by atoms with Gasteiger partial charge in [-0.2, -0.15) is 5.26 Å². The monoisotopic (exact) mass is 261 g/mol. The average Bonchev–Trinajstić information content (AvgIpc) is 2.42. The van der Waals surface area contributed by atoms with Gasteiger partial charge in [-0.15, -0.1) is 0 Å². The van der Waals surface area contributed by atoms with Crippen LogP contribution in [0.5, 0.6) is 0 Å². The van der Waals surface area contributed by atoms with Crippen molar-refractivity contribution < 1.29 is 9.90 Å². The lowest BCUT2D eigenvalue weighted by atomic mass is 9.96. The van der Waals surface area contributed by atoms with Gasteiger partial charge in [0.1, 0.15) is 11.9 Å². The normalized spacial score (nSPS) is 11.6. The Kier molecular flexibility index (Phi) is 6.37. The van der Waals surface area contributed by atoms with Gasteiger partial charge in [0.05, 0.1) is 5.56 Å². The summed E-state index contributed by atoms with van der Waals surface area (Å²) in [6, 6.07) is 5.53. The standard InChI is InChI=1S/C14H19N3O2/c1-2-11(5-6-13(18)19)7-9-17-14-12(10-15)4-3-8-16-14/h3-4,8,11H,2,5-7,9H2,1H3,(H,16,17)(H,18,19). The number of carboxylic acids is 1. The van der Waals surface area contributed by atoms with Gasteiger partial charge in [-0.1, -0.05) is 13.3 Å². The second-order valence-corrected chi connectivity index (χ2v) is 4.43. The van der Waals surface area contributed by atoms with Crippen LogP contribution >= 0.6 is 0 Å². The minimum absolute atomic E-state index is 0.214. The number of pyridine rings is 1. The number of nitrogens with one attached hydrogen (secondary N) is 1. The largest absolute Gasteiger partial charge is 0.481 e. The first-order chi connectivity index (χ1) is 9.17. The molecule has 0 spiro atoms. The van der Waals surface area contributed by atoms with Gasteiger partial charge in [0.15, 0.2) is 0 Å². The lowest BCUT2D eigenvalue weighted by molar-refractivity contribution is -0.137. The molecule has 1 aromatic heterocycles. The topological polar surface area (TPSA) is 86.0 Å². The zero-order valence-electron chi connectivity index (χ0n) is 11.1. The SMILES string of the molecule is CCC(CCNc1ncccc1C#N)CCC(=O)O. The van der Waals surface area contributed by atoms with Gasteiger partial charge in [-0.05, 0) is 30.9 Å². The number of aliphatic carboxylic acids is 1. The Morgan fingerprint density at radius 3 is 3.00 bits per heavy atom. The predicted octanol–water partition coefficient (Wildman–Crippen LogP) is 2.65. The molecule has 0 saturated carbocycles. The maximum atomic E-state index is 10.5. The maximum Gasteiger partial charge on any atom is 0.303 e. The second kappa shape index (κ2) is 8.09. The summed E-state index contributed by atoms with van der Waals surface area (Å²) in [4.78, 5) is 14.7. The van der Waals surface area contributed by atoms with Crippen LogP contribution in [0.1, 0.15) is 38.2 Å². The van der Waals surface area contributed by atoms with Crippen molar-refractivity contribution in [1.82, 2.24) is 4.98 Å². The molecule has 1 heterocycles. The first kappa shape index (κ1) is 15.0. The fraction of sp³-hybridized carbons (Fsp3) is 0.500. The van der Waals surface area contributed by atoms with Crippen molar-refractivity contribution in [1.29, 1.82) is 5.26 Å². The number of hydrogen-bond donors (Lipinski definition) is 2. The van der Waals surface area contributed by atoms with Crippen LogP contribution in [0.25, 0.3) is 0 Å². The van der Waals surface area contributed by atoms with Gasteiger partial charge < -0.3 is 10.4 Å². The summed E-state index contributed by atoms with van der Waals surface area (Å²) in [5.74, 6) is 0.235. The Hall–Kier alpha value is -2.09. The Bertz CT molecular complexity index is 454. The molecule has 1 aromatic rings. The van der Waals surface area contributed by atoms with Crippen molar-refractivity contribution in [3.05, 3.63) is 23.9 Å². The lowest BCUT2D eigenvalue weighted by Gasteiger charge is -2.14. The van der Waals surface area contributed by atoms with Crippen LogP contribution < -0.4 is 5.32 Å². The molecule has 0 amide bonds. The van der Waals surface area contributed by atoms with E-state index in [1.807, 2.05) is 0 Å². The maximum absolute atomic E-state index is 10.5. The molecule has 102 valence electrons. The minimum Gasteiger partial charge on any atom is -0.481 e. The van der Waals surface area contributed by atoms with E-state index in [0.717, 1.165) is 12.8 Å². The van der Waals surface area contributed by atoms with E-state index in [4.69, 9.17) is 10.4 Å². The van der Waals surface area contributed by atoms with Crippen LogP contribution in [0.3, 0.4) is 0 Å². The Morgan fingerprint density at radius 2 is 2.37 bits per heavy atom. The van der Waals surface area contributed by atoms with Gasteiger partial charge in [0.2, 0.25) is 0 Å². The number of carbonyl (C=O) groups is 1. The molecule has 0 aromatic carbocycles. The molecule has 5 heteroatoms. The van der Waals surface area contributed by atoms with Crippen LogP contribution in [-0.2, 0) is 4.79 Å². The third-order valence-corrected chi connectivity index (χ3v) is 3.12. The zero-order chi connectivity index (χ0) is 14.1. The van der Waals surface area contributed by atoms with E-state index in [2.05, 4.69) is 23.3 Å². The summed E-state index contributed by atoms with van der Waals surface area (Å²) in [7, 11) is 0. The Morgan fingerprint density at radius 1 is 1.58 bits per heavy atom. The van der Waals surface area contributed by atoms with Crippen LogP contribution in [0.15, 0.2) is 18.3 Å². The summed E-state index contributed by atoms with van der Waals surface area (Å²) >= 11 is 0. The molecule has 0 radical (unpaired) electrons. The fourth-order valence-electron chi connectivity index (χ4n) is 1.91. The molecule has 5 nitrogen and oxygen atoms in total. The molecule has 0 bridgehead atoms. The Balaban J connectivity index is 2.40. The van der Waals surface area contributed by atoms with Gasteiger partial charge in [0.25, 0.3) is 0 Å². The summed E-state index contributed by atoms with van der Waals surface area (Å²) in [5.41, 5.74) is 0.529. The zero-order valence-corrected chi connectivity index (χ0v) is 11.1. The van der Waals surface area contributed by atoms with Gasteiger partial charge in [-0.25, -0.2) is 4.98 Å². The third-order valence-electron chi connectivity index (χ3n) is 3.12. The van der Waals surface area contributed by atoms with E-state index >= 15 is 0 Å². The number of nitriles is 1. The molecular formula is C14H19N3O2. The van der Waals surface area contributed by atoms with E-state index in [1.165, 1.54) is 0 Å². The summed E-state index contributed by atoms with van der Waals surface area (Å²) in [6.45, 7) is 2.76. The highest BCUT2D eigenvalue weighted by atomic mass is 16.4. The molecule has 0 aliphatic heterocycles. The number of carboxylic acid groups (broad SMARTS) is 1. The number of aromatic nitrogens is 1. The van der Waals surface area contributed by atoms with E-state index in [0.29, 0.717) is 30.3 Å². The first-order valence-electron chi connectivity index (χ1n) is 6.48. The van der Waals surface area contributed by atoms with Crippen molar-refractivity contribution in [2.75, 3.05) is 11.9 Å².